The Hall–Kier alpha value is -7.68. The van der Waals surface area contributed by atoms with Crippen molar-refractivity contribution in [2.45, 2.75) is 19.3 Å². The number of aromatic nitrogens is 2. The maximum absolute atomic E-state index is 2.42. The van der Waals surface area contributed by atoms with Crippen LogP contribution >= 0.6 is 0 Å². The molecule has 9 aromatic carbocycles. The number of rotatable bonds is 6. The number of para-hydroxylation sites is 3. The van der Waals surface area contributed by atoms with E-state index in [4.69, 9.17) is 0 Å². The zero-order valence-electron chi connectivity index (χ0n) is 34.2. The fourth-order valence-electron chi connectivity index (χ4n) is 10.1. The van der Waals surface area contributed by atoms with E-state index in [2.05, 4.69) is 241 Å². The van der Waals surface area contributed by atoms with Gasteiger partial charge in [-0.15, -0.1) is 0 Å². The highest BCUT2D eigenvalue weighted by molar-refractivity contribution is 6.12. The summed E-state index contributed by atoms with van der Waals surface area (Å²) in [6.45, 7) is 4.74. The van der Waals surface area contributed by atoms with Gasteiger partial charge >= 0.3 is 0 Å². The summed E-state index contributed by atoms with van der Waals surface area (Å²) >= 11 is 0. The number of hydrogen-bond donors (Lipinski definition) is 0. The third kappa shape index (κ3) is 5.64. The van der Waals surface area contributed by atoms with E-state index in [9.17, 15) is 0 Å². The molecule has 0 N–H and O–H groups in total. The first-order chi connectivity index (χ1) is 30.0. The van der Waals surface area contributed by atoms with E-state index < -0.39 is 0 Å². The summed E-state index contributed by atoms with van der Waals surface area (Å²) in [6, 6.07) is 71.1. The van der Waals surface area contributed by atoms with E-state index in [0.29, 0.717) is 0 Å². The van der Waals surface area contributed by atoms with Crippen molar-refractivity contribution in [1.29, 1.82) is 0 Å². The monoisotopic (exact) mass is 778 g/mol. The average molecular weight is 779 g/mol. The second-order valence-corrected chi connectivity index (χ2v) is 17.0. The fraction of sp³-hybridized carbons (Fsp3) is 0.0508. The van der Waals surface area contributed by atoms with Crippen LogP contribution in [0.2, 0.25) is 0 Å². The van der Waals surface area contributed by atoms with Crippen molar-refractivity contribution in [3.05, 3.63) is 228 Å². The van der Waals surface area contributed by atoms with Crippen LogP contribution in [0.5, 0.6) is 0 Å². The van der Waals surface area contributed by atoms with Gasteiger partial charge in [0.25, 0.3) is 0 Å². The zero-order valence-corrected chi connectivity index (χ0v) is 34.2. The van der Waals surface area contributed by atoms with Gasteiger partial charge in [-0.2, -0.15) is 0 Å². The molecule has 2 nitrogen and oxygen atoms in total. The van der Waals surface area contributed by atoms with Crippen molar-refractivity contribution in [2.24, 2.45) is 0 Å². The number of fused-ring (bicyclic) bond motifs is 10. The zero-order chi connectivity index (χ0) is 40.7. The fourth-order valence-corrected chi connectivity index (χ4v) is 10.1. The molecule has 0 bridgehead atoms. The molecule has 0 amide bonds. The molecule has 12 rings (SSSR count). The van der Waals surface area contributed by atoms with Crippen LogP contribution in [0.4, 0.5) is 0 Å². The summed E-state index contributed by atoms with van der Waals surface area (Å²) in [6.07, 6.45) is 9.06. The van der Waals surface area contributed by atoms with Gasteiger partial charge in [-0.25, -0.2) is 0 Å². The van der Waals surface area contributed by atoms with Gasteiger partial charge in [-0.3, -0.25) is 0 Å². The van der Waals surface area contributed by atoms with Crippen LogP contribution in [0.25, 0.3) is 101 Å². The minimum Gasteiger partial charge on any atom is -0.309 e. The number of hydrogen-bond acceptors (Lipinski definition) is 0. The van der Waals surface area contributed by atoms with E-state index in [0.717, 1.165) is 0 Å². The Morgan fingerprint density at radius 1 is 0.344 bits per heavy atom. The molecule has 2 heterocycles. The molecular weight excluding hydrogens is 737 g/mol. The highest BCUT2D eigenvalue weighted by atomic mass is 15.0. The Morgan fingerprint density at radius 3 is 1.39 bits per heavy atom. The summed E-state index contributed by atoms with van der Waals surface area (Å²) in [7, 11) is 0. The molecule has 61 heavy (non-hydrogen) atoms. The van der Waals surface area contributed by atoms with Gasteiger partial charge in [0.15, 0.2) is 0 Å². The van der Waals surface area contributed by atoms with Gasteiger partial charge in [0.1, 0.15) is 0 Å². The lowest BCUT2D eigenvalue weighted by atomic mass is 9.81. The Morgan fingerprint density at radius 2 is 0.787 bits per heavy atom. The number of nitrogens with zero attached hydrogens (tertiary/aromatic N) is 2. The molecule has 0 saturated carbocycles. The lowest BCUT2D eigenvalue weighted by molar-refractivity contribution is 0.660. The first kappa shape index (κ1) is 35.3. The second-order valence-electron chi connectivity index (χ2n) is 17.0. The molecular formula is C59H42N2. The van der Waals surface area contributed by atoms with Gasteiger partial charge in [0, 0.05) is 38.0 Å². The topological polar surface area (TPSA) is 9.86 Å². The molecule has 2 aromatic heterocycles. The van der Waals surface area contributed by atoms with E-state index in [1.807, 2.05) is 0 Å². The maximum atomic E-state index is 2.42. The van der Waals surface area contributed by atoms with E-state index in [1.54, 1.807) is 0 Å². The van der Waals surface area contributed by atoms with Gasteiger partial charge in [-0.05, 0) is 104 Å². The minimum atomic E-state index is -0.126. The van der Waals surface area contributed by atoms with Gasteiger partial charge in [0.2, 0.25) is 0 Å². The van der Waals surface area contributed by atoms with Crippen molar-refractivity contribution in [2.75, 3.05) is 0 Å². The predicted molar refractivity (Wildman–Crippen MR) is 261 cm³/mol. The molecule has 1 aliphatic rings. The number of benzene rings is 9. The molecule has 288 valence electrons. The molecule has 0 radical (unpaired) electrons. The summed E-state index contributed by atoms with van der Waals surface area (Å²) in [5.74, 6) is 0. The molecule has 1 aliphatic carbocycles. The van der Waals surface area contributed by atoms with Crippen LogP contribution in [0.15, 0.2) is 194 Å². The van der Waals surface area contributed by atoms with E-state index in [-0.39, 0.29) is 5.41 Å². The van der Waals surface area contributed by atoms with Crippen LogP contribution < -0.4 is 0 Å². The van der Waals surface area contributed by atoms with Crippen LogP contribution in [0.3, 0.4) is 0 Å². The summed E-state index contributed by atoms with van der Waals surface area (Å²) in [5, 5.41) is 7.56. The van der Waals surface area contributed by atoms with Crippen molar-refractivity contribution in [3.8, 4) is 22.5 Å². The van der Waals surface area contributed by atoms with Crippen molar-refractivity contribution >= 4 is 78.7 Å². The molecule has 0 fully saturated rings. The molecule has 0 unspecified atom stereocenters. The van der Waals surface area contributed by atoms with Crippen molar-refractivity contribution < 1.29 is 0 Å². The molecule has 11 aromatic rings. The molecule has 0 atom stereocenters. The summed E-state index contributed by atoms with van der Waals surface area (Å²) in [5.41, 5.74) is 17.4. The third-order valence-electron chi connectivity index (χ3n) is 13.1. The smallest absolute Gasteiger partial charge is 0.0541 e. The molecule has 2 heteroatoms. The first-order valence-electron chi connectivity index (χ1n) is 21.3. The predicted octanol–water partition coefficient (Wildman–Crippen LogP) is 15.7. The van der Waals surface area contributed by atoms with E-state index in [1.165, 1.54) is 110 Å². The highest BCUT2D eigenvalue weighted by Crippen LogP contribution is 2.49. The van der Waals surface area contributed by atoms with Crippen molar-refractivity contribution in [1.82, 2.24) is 9.13 Å². The first-order valence-corrected chi connectivity index (χ1v) is 21.3. The Bertz CT molecular complexity index is 3600. The van der Waals surface area contributed by atoms with Crippen LogP contribution in [0, 0.1) is 0 Å². The Balaban J connectivity index is 0.840. The van der Waals surface area contributed by atoms with Crippen LogP contribution in [0.1, 0.15) is 47.2 Å². The standard InChI is InChI=1S/C59H42N2/c1-59(2)52-37-41(25-23-39-29-33-57-50(35-39)48-18-8-10-20-55(48)60(57)44-15-4-3-5-16-44)27-31-46(52)47-32-28-42(38-53(47)59)26-24-40-30-34-58-51(36-40)49-19-9-11-21-56(49)61(58)54-22-12-14-43-13-6-7-17-45(43)54/h3-38H,1-2H3/b25-23+,26-24+. The SMILES string of the molecule is CC1(C)c2cc(/C=C/c3ccc4c(c3)c3ccccc3n4-c3ccccc3)ccc2-c2ccc(/C=C/c3ccc4c(c3)c3ccccc3n4-c3cccc4ccccc34)cc21. The van der Waals surface area contributed by atoms with Crippen molar-refractivity contribution in [3.63, 3.8) is 0 Å². The average Bonchev–Trinajstić information content (AvgIpc) is 3.89. The minimum absolute atomic E-state index is 0.126. The van der Waals surface area contributed by atoms with E-state index >= 15 is 0 Å². The second kappa shape index (κ2) is 13.7. The highest BCUT2D eigenvalue weighted by Gasteiger charge is 2.35. The van der Waals surface area contributed by atoms with Gasteiger partial charge < -0.3 is 9.13 Å². The van der Waals surface area contributed by atoms with Crippen LogP contribution in [-0.4, -0.2) is 9.13 Å². The molecule has 0 spiro atoms. The maximum Gasteiger partial charge on any atom is 0.0541 e. The largest absolute Gasteiger partial charge is 0.309 e. The normalized spacial score (nSPS) is 13.4. The lowest BCUT2D eigenvalue weighted by Crippen LogP contribution is -2.15. The summed E-state index contributed by atoms with van der Waals surface area (Å²) in [4.78, 5) is 0. The summed E-state index contributed by atoms with van der Waals surface area (Å²) < 4.78 is 4.79. The molecule has 0 aliphatic heterocycles. The Labute approximate surface area is 355 Å². The lowest BCUT2D eigenvalue weighted by Gasteiger charge is -2.22. The van der Waals surface area contributed by atoms with Gasteiger partial charge in [-0.1, -0.05) is 178 Å². The quantitative estimate of drug-likeness (QED) is 0.149. The molecule has 0 saturated heterocycles. The van der Waals surface area contributed by atoms with Gasteiger partial charge in [0.05, 0.1) is 27.8 Å². The van der Waals surface area contributed by atoms with Crippen LogP contribution in [-0.2, 0) is 5.41 Å². The third-order valence-corrected chi connectivity index (χ3v) is 13.1. The Kier molecular flexibility index (Phi) is 7.92.